The van der Waals surface area contributed by atoms with Crippen molar-refractivity contribution < 1.29 is 24.2 Å². The average Bonchev–Trinajstić information content (AvgIpc) is 3.30. The fourth-order valence-corrected chi connectivity index (χ4v) is 6.38. The molecule has 0 aromatic heterocycles. The zero-order chi connectivity index (χ0) is 46.3. The van der Waals surface area contributed by atoms with Crippen molar-refractivity contribution in [1.29, 1.82) is 0 Å². The van der Waals surface area contributed by atoms with Gasteiger partial charge in [-0.05, 0) is 116 Å². The van der Waals surface area contributed by atoms with Crippen LogP contribution in [0.2, 0.25) is 0 Å². The van der Waals surface area contributed by atoms with Gasteiger partial charge in [0.25, 0.3) is 0 Å². The van der Waals surface area contributed by atoms with Crippen molar-refractivity contribution >= 4 is 11.9 Å². The first-order valence-electron chi connectivity index (χ1n) is 25.4. The predicted molar refractivity (Wildman–Crippen MR) is 278 cm³/mol. The zero-order valence-electron chi connectivity index (χ0n) is 40.7. The maximum Gasteiger partial charge on any atom is 0.306 e. The molecule has 0 aromatic carbocycles. The van der Waals surface area contributed by atoms with E-state index in [1.165, 1.54) is 51.4 Å². The number of aliphatic hydroxyl groups excluding tert-OH is 1. The lowest BCUT2D eigenvalue weighted by atomic mass is 10.1. The van der Waals surface area contributed by atoms with E-state index in [9.17, 15) is 14.7 Å². The van der Waals surface area contributed by atoms with Crippen molar-refractivity contribution in [3.05, 3.63) is 146 Å². The lowest BCUT2D eigenvalue weighted by molar-refractivity contribution is -0.161. The van der Waals surface area contributed by atoms with Crippen molar-refractivity contribution in [3.8, 4) is 0 Å². The van der Waals surface area contributed by atoms with E-state index in [0.29, 0.717) is 12.8 Å². The number of allylic oxidation sites excluding steroid dienone is 24. The van der Waals surface area contributed by atoms with Crippen LogP contribution in [0.15, 0.2) is 146 Å². The monoisotopic (exact) mass is 881 g/mol. The van der Waals surface area contributed by atoms with Crippen molar-refractivity contribution in [2.24, 2.45) is 0 Å². The fourth-order valence-electron chi connectivity index (χ4n) is 6.38. The largest absolute Gasteiger partial charge is 0.462 e. The van der Waals surface area contributed by atoms with E-state index in [-0.39, 0.29) is 31.6 Å². The molecule has 358 valence electrons. The number of carbonyl (C=O) groups excluding carboxylic acids is 2. The summed E-state index contributed by atoms with van der Waals surface area (Å²) in [6, 6.07) is 0. The van der Waals surface area contributed by atoms with E-state index in [1.54, 1.807) is 0 Å². The third-order valence-corrected chi connectivity index (χ3v) is 10.1. The summed E-state index contributed by atoms with van der Waals surface area (Å²) in [5.74, 6) is -0.659. The molecule has 64 heavy (non-hydrogen) atoms. The Morgan fingerprint density at radius 3 is 0.969 bits per heavy atom. The highest BCUT2D eigenvalue weighted by atomic mass is 16.6. The van der Waals surface area contributed by atoms with Gasteiger partial charge in [0.15, 0.2) is 6.10 Å². The first-order chi connectivity index (χ1) is 31.6. The summed E-state index contributed by atoms with van der Waals surface area (Å²) in [6.07, 6.45) is 80.7. The van der Waals surface area contributed by atoms with Gasteiger partial charge in [0.1, 0.15) is 6.61 Å². The summed E-state index contributed by atoms with van der Waals surface area (Å²) >= 11 is 0. The summed E-state index contributed by atoms with van der Waals surface area (Å²) in [4.78, 5) is 24.5. The van der Waals surface area contributed by atoms with Gasteiger partial charge in [-0.15, -0.1) is 0 Å². The minimum Gasteiger partial charge on any atom is -0.462 e. The van der Waals surface area contributed by atoms with Crippen LogP contribution >= 0.6 is 0 Å². The Labute approximate surface area is 393 Å². The van der Waals surface area contributed by atoms with Crippen molar-refractivity contribution in [2.45, 2.75) is 200 Å². The quantitative estimate of drug-likeness (QED) is 0.0375. The molecule has 5 heteroatoms. The van der Waals surface area contributed by atoms with Gasteiger partial charge in [0.2, 0.25) is 0 Å². The molecule has 0 aromatic rings. The summed E-state index contributed by atoms with van der Waals surface area (Å²) in [6.45, 7) is 3.86. The van der Waals surface area contributed by atoms with Crippen LogP contribution < -0.4 is 0 Å². The van der Waals surface area contributed by atoms with Crippen LogP contribution in [0.3, 0.4) is 0 Å². The van der Waals surface area contributed by atoms with E-state index in [1.807, 2.05) is 0 Å². The number of hydrogen-bond donors (Lipinski definition) is 1. The minimum absolute atomic E-state index is 0.0964. The Balaban J connectivity index is 3.68. The minimum atomic E-state index is -0.809. The molecule has 5 nitrogen and oxygen atoms in total. The van der Waals surface area contributed by atoms with E-state index in [4.69, 9.17) is 9.47 Å². The number of aliphatic hydroxyl groups is 1. The standard InChI is InChI=1S/C59H92O5/c1-3-5-7-9-11-13-15-17-19-21-23-25-27-28-29-30-32-34-36-38-40-42-44-46-48-50-52-54-59(62)64-57(55-60)56-63-58(61)53-51-49-47-45-43-41-39-37-35-33-31-26-24-22-20-18-16-14-12-10-8-6-4-2/h5-8,11-14,17-20,23-26,28-29,32,34,38,40,44,46,57,60H,3-4,9-10,15-16,21-22,27,30-31,33,35-37,39,41-43,45,47-56H2,1-2H3/b7-5-,8-6-,13-11-,14-12-,19-17-,20-18-,25-23-,26-24-,29-28-,34-32-,40-38-,46-44-. The highest BCUT2D eigenvalue weighted by Crippen LogP contribution is 2.13. The van der Waals surface area contributed by atoms with Crippen LogP contribution in [-0.4, -0.2) is 36.4 Å². The van der Waals surface area contributed by atoms with E-state index in [2.05, 4.69) is 160 Å². The Morgan fingerprint density at radius 2 is 0.625 bits per heavy atom. The van der Waals surface area contributed by atoms with Gasteiger partial charge in [0.05, 0.1) is 6.61 Å². The molecule has 1 N–H and O–H groups in total. The number of rotatable bonds is 44. The van der Waals surface area contributed by atoms with Crippen LogP contribution in [0.25, 0.3) is 0 Å². The highest BCUT2D eigenvalue weighted by molar-refractivity contribution is 5.70. The van der Waals surface area contributed by atoms with Crippen molar-refractivity contribution in [1.82, 2.24) is 0 Å². The molecular weight excluding hydrogens is 789 g/mol. The van der Waals surface area contributed by atoms with Crippen LogP contribution in [0, 0.1) is 0 Å². The average molecular weight is 881 g/mol. The van der Waals surface area contributed by atoms with Crippen LogP contribution in [0.4, 0.5) is 0 Å². The second-order valence-electron chi connectivity index (χ2n) is 16.1. The van der Waals surface area contributed by atoms with Crippen molar-refractivity contribution in [3.63, 3.8) is 0 Å². The highest BCUT2D eigenvalue weighted by Gasteiger charge is 2.16. The zero-order valence-corrected chi connectivity index (χ0v) is 40.7. The van der Waals surface area contributed by atoms with E-state index >= 15 is 0 Å². The molecule has 0 aliphatic rings. The Morgan fingerprint density at radius 1 is 0.359 bits per heavy atom. The van der Waals surface area contributed by atoms with Gasteiger partial charge in [-0.3, -0.25) is 9.59 Å². The molecule has 0 amide bonds. The molecule has 1 atom stereocenters. The number of unbranched alkanes of at least 4 members (excludes halogenated alkanes) is 12. The second-order valence-corrected chi connectivity index (χ2v) is 16.1. The third-order valence-electron chi connectivity index (χ3n) is 10.1. The number of hydrogen-bond acceptors (Lipinski definition) is 5. The maximum atomic E-state index is 12.3. The molecule has 1 unspecified atom stereocenters. The summed E-state index contributed by atoms with van der Waals surface area (Å²) in [5.41, 5.74) is 0. The Hall–Kier alpha value is -4.22. The first-order valence-corrected chi connectivity index (χ1v) is 25.4. The molecule has 0 radical (unpaired) electrons. The lowest BCUT2D eigenvalue weighted by Crippen LogP contribution is -2.28. The molecular formula is C59H92O5. The molecule has 0 rings (SSSR count). The maximum absolute atomic E-state index is 12.3. The number of ether oxygens (including phenoxy) is 2. The number of esters is 2. The van der Waals surface area contributed by atoms with E-state index < -0.39 is 6.10 Å². The first kappa shape index (κ1) is 59.8. The lowest BCUT2D eigenvalue weighted by Gasteiger charge is -2.15. The van der Waals surface area contributed by atoms with E-state index in [0.717, 1.165) is 109 Å². The normalized spacial score (nSPS) is 13.5. The van der Waals surface area contributed by atoms with Crippen molar-refractivity contribution in [2.75, 3.05) is 13.2 Å². The predicted octanol–water partition coefficient (Wildman–Crippen LogP) is 17.1. The summed E-state index contributed by atoms with van der Waals surface area (Å²) < 4.78 is 10.6. The van der Waals surface area contributed by atoms with Gasteiger partial charge in [0, 0.05) is 12.8 Å². The van der Waals surface area contributed by atoms with Gasteiger partial charge in [-0.25, -0.2) is 0 Å². The Bertz CT molecular complexity index is 1410. The smallest absolute Gasteiger partial charge is 0.306 e. The number of carbonyl (C=O) groups is 2. The molecule has 0 aliphatic heterocycles. The van der Waals surface area contributed by atoms with Gasteiger partial charge < -0.3 is 14.6 Å². The molecule has 0 saturated heterocycles. The molecule has 0 heterocycles. The van der Waals surface area contributed by atoms with Crippen LogP contribution in [0.1, 0.15) is 194 Å². The SMILES string of the molecule is CC/C=C\C/C=C\C/C=C\C/C=C\C/C=C\C/C=C\C/C=C\C/C=C\CCCCC(=O)OC(CO)COC(=O)CCCCCCCCCCCC/C=C\C/C=C\C/C=C\C/C=C\CC. The van der Waals surface area contributed by atoms with Crippen LogP contribution in [-0.2, 0) is 19.1 Å². The van der Waals surface area contributed by atoms with Gasteiger partial charge in [-0.1, -0.05) is 211 Å². The second kappa shape index (κ2) is 53.1. The topological polar surface area (TPSA) is 72.8 Å². The molecule has 0 aliphatic carbocycles. The third kappa shape index (κ3) is 50.4. The summed E-state index contributed by atoms with van der Waals surface area (Å²) in [7, 11) is 0. The molecule has 0 bridgehead atoms. The molecule has 0 fully saturated rings. The van der Waals surface area contributed by atoms with Gasteiger partial charge in [-0.2, -0.15) is 0 Å². The molecule has 0 saturated carbocycles. The summed E-state index contributed by atoms with van der Waals surface area (Å²) in [5, 5.41) is 9.63. The Kier molecular flexibility index (Phi) is 49.6. The van der Waals surface area contributed by atoms with Gasteiger partial charge >= 0.3 is 11.9 Å². The molecule has 0 spiro atoms. The fraction of sp³-hybridized carbons (Fsp3) is 0.559. The van der Waals surface area contributed by atoms with Crippen LogP contribution in [0.5, 0.6) is 0 Å².